The SMILES string of the molecule is Cc1nc2cc([C@H]3CCCN3Cc3ccc(Cl)cc3)[nH]n2c(=O)c1C. The maximum absolute atomic E-state index is 12.4. The predicted molar refractivity (Wildman–Crippen MR) is 99.1 cm³/mol. The van der Waals surface area contributed by atoms with Gasteiger partial charge in [0.1, 0.15) is 0 Å². The summed E-state index contributed by atoms with van der Waals surface area (Å²) in [4.78, 5) is 19.4. The number of hydrogen-bond acceptors (Lipinski definition) is 3. The van der Waals surface area contributed by atoms with Crippen molar-refractivity contribution in [1.29, 1.82) is 0 Å². The summed E-state index contributed by atoms with van der Waals surface area (Å²) < 4.78 is 1.57. The third-order valence-electron chi connectivity index (χ3n) is 5.13. The van der Waals surface area contributed by atoms with Crippen molar-refractivity contribution in [2.24, 2.45) is 0 Å². The number of hydrogen-bond donors (Lipinski definition) is 1. The fourth-order valence-electron chi connectivity index (χ4n) is 3.60. The third kappa shape index (κ3) is 2.98. The number of H-pyrrole nitrogens is 1. The van der Waals surface area contributed by atoms with Crippen LogP contribution in [0.2, 0.25) is 5.02 Å². The van der Waals surface area contributed by atoms with E-state index in [1.165, 1.54) is 5.56 Å². The first-order valence-electron chi connectivity index (χ1n) is 8.60. The number of aromatic amines is 1. The number of nitrogens with one attached hydrogen (secondary N) is 1. The molecule has 25 heavy (non-hydrogen) atoms. The van der Waals surface area contributed by atoms with E-state index < -0.39 is 0 Å². The molecule has 0 spiro atoms. The summed E-state index contributed by atoms with van der Waals surface area (Å²) in [5, 5.41) is 4.04. The molecule has 1 aliphatic heterocycles. The van der Waals surface area contributed by atoms with Crippen LogP contribution in [0.4, 0.5) is 0 Å². The van der Waals surface area contributed by atoms with Crippen molar-refractivity contribution >= 4 is 17.2 Å². The summed E-state index contributed by atoms with van der Waals surface area (Å²) in [7, 11) is 0. The van der Waals surface area contributed by atoms with E-state index in [2.05, 4.69) is 27.1 Å². The Morgan fingerprint density at radius 3 is 2.80 bits per heavy atom. The molecule has 0 unspecified atom stereocenters. The van der Waals surface area contributed by atoms with Gasteiger partial charge in [-0.15, -0.1) is 0 Å². The van der Waals surface area contributed by atoms with Crippen LogP contribution in [-0.2, 0) is 6.54 Å². The minimum Gasteiger partial charge on any atom is -0.292 e. The molecule has 0 saturated carbocycles. The number of aryl methyl sites for hydroxylation is 1. The van der Waals surface area contributed by atoms with Gasteiger partial charge < -0.3 is 0 Å². The Hall–Kier alpha value is -2.11. The van der Waals surface area contributed by atoms with Crippen molar-refractivity contribution in [3.63, 3.8) is 0 Å². The number of likely N-dealkylation sites (tertiary alicyclic amines) is 1. The summed E-state index contributed by atoms with van der Waals surface area (Å²) in [5.74, 6) is 0. The van der Waals surface area contributed by atoms with E-state index in [1.807, 2.05) is 32.0 Å². The molecular weight excluding hydrogens is 336 g/mol. The van der Waals surface area contributed by atoms with Gasteiger partial charge >= 0.3 is 0 Å². The lowest BCUT2D eigenvalue weighted by molar-refractivity contribution is 0.244. The van der Waals surface area contributed by atoms with Crippen molar-refractivity contribution in [1.82, 2.24) is 19.5 Å². The van der Waals surface area contributed by atoms with Gasteiger partial charge in [0, 0.05) is 28.9 Å². The van der Waals surface area contributed by atoms with Crippen LogP contribution in [0.1, 0.15) is 41.4 Å². The number of aromatic nitrogens is 3. The molecule has 3 aromatic rings. The molecule has 0 aliphatic carbocycles. The average molecular weight is 357 g/mol. The minimum absolute atomic E-state index is 0.0176. The van der Waals surface area contributed by atoms with Crippen molar-refractivity contribution in [2.45, 2.75) is 39.3 Å². The Labute approximate surface area is 151 Å². The van der Waals surface area contributed by atoms with Gasteiger partial charge in [-0.25, -0.2) is 9.50 Å². The highest BCUT2D eigenvalue weighted by Crippen LogP contribution is 2.32. The van der Waals surface area contributed by atoms with Gasteiger partial charge in [-0.3, -0.25) is 14.8 Å². The van der Waals surface area contributed by atoms with Gasteiger partial charge in [0.2, 0.25) is 0 Å². The number of halogens is 1. The Morgan fingerprint density at radius 1 is 1.28 bits per heavy atom. The highest BCUT2D eigenvalue weighted by molar-refractivity contribution is 6.30. The van der Waals surface area contributed by atoms with E-state index in [9.17, 15) is 4.79 Å². The minimum atomic E-state index is -0.0176. The van der Waals surface area contributed by atoms with E-state index in [0.29, 0.717) is 11.2 Å². The molecule has 1 N–H and O–H groups in total. The zero-order valence-corrected chi connectivity index (χ0v) is 15.2. The first-order valence-corrected chi connectivity index (χ1v) is 8.98. The fraction of sp³-hybridized carbons (Fsp3) is 0.368. The van der Waals surface area contributed by atoms with Gasteiger partial charge in [0.05, 0.1) is 11.7 Å². The number of rotatable bonds is 3. The second-order valence-electron chi connectivity index (χ2n) is 6.79. The van der Waals surface area contributed by atoms with E-state index in [-0.39, 0.29) is 11.6 Å². The molecule has 0 radical (unpaired) electrons. The largest absolute Gasteiger partial charge is 0.292 e. The molecule has 3 heterocycles. The molecule has 1 aromatic carbocycles. The smallest absolute Gasteiger partial charge is 0.275 e. The van der Waals surface area contributed by atoms with Crippen LogP contribution in [-0.4, -0.2) is 26.0 Å². The summed E-state index contributed by atoms with van der Waals surface area (Å²) in [6.45, 7) is 5.62. The van der Waals surface area contributed by atoms with E-state index in [1.54, 1.807) is 4.52 Å². The standard InChI is InChI=1S/C19H21ClN4O/c1-12-13(2)21-18-10-16(22-24(18)19(12)25)17-4-3-9-23(17)11-14-5-7-15(20)8-6-14/h5-8,10,17,22H,3-4,9,11H2,1-2H3/t17-/m1/s1. The van der Waals surface area contributed by atoms with E-state index in [4.69, 9.17) is 11.6 Å². The second kappa shape index (κ2) is 6.32. The van der Waals surface area contributed by atoms with Crippen LogP contribution in [0.25, 0.3) is 5.65 Å². The number of benzene rings is 1. The maximum atomic E-state index is 12.4. The van der Waals surface area contributed by atoms with E-state index in [0.717, 1.165) is 42.3 Å². The van der Waals surface area contributed by atoms with Gasteiger partial charge in [-0.05, 0) is 50.9 Å². The Morgan fingerprint density at radius 2 is 2.04 bits per heavy atom. The summed E-state index contributed by atoms with van der Waals surface area (Å²) in [5.41, 5.74) is 4.46. The highest BCUT2D eigenvalue weighted by Gasteiger charge is 2.28. The second-order valence-corrected chi connectivity index (χ2v) is 7.22. The molecule has 1 saturated heterocycles. The zero-order chi connectivity index (χ0) is 17.6. The van der Waals surface area contributed by atoms with Crippen molar-refractivity contribution in [3.8, 4) is 0 Å². The molecular formula is C19H21ClN4O. The van der Waals surface area contributed by atoms with Crippen LogP contribution in [0.15, 0.2) is 35.1 Å². The van der Waals surface area contributed by atoms with Gasteiger partial charge in [-0.1, -0.05) is 23.7 Å². The molecule has 0 bridgehead atoms. The Balaban J connectivity index is 1.66. The highest BCUT2D eigenvalue weighted by atomic mass is 35.5. The molecule has 1 fully saturated rings. The number of nitrogens with zero attached hydrogens (tertiary/aromatic N) is 3. The lowest BCUT2D eigenvalue weighted by Crippen LogP contribution is -2.24. The molecule has 1 aliphatic rings. The zero-order valence-electron chi connectivity index (χ0n) is 14.4. The molecule has 6 heteroatoms. The predicted octanol–water partition coefficient (Wildman–Crippen LogP) is 3.63. The van der Waals surface area contributed by atoms with Crippen LogP contribution >= 0.6 is 11.6 Å². The normalized spacial score (nSPS) is 18.3. The summed E-state index contributed by atoms with van der Waals surface area (Å²) >= 11 is 5.98. The van der Waals surface area contributed by atoms with Crippen molar-refractivity contribution < 1.29 is 0 Å². The lowest BCUT2D eigenvalue weighted by Gasteiger charge is -2.23. The number of fused-ring (bicyclic) bond motifs is 1. The monoisotopic (exact) mass is 356 g/mol. The Bertz CT molecular complexity index is 973. The lowest BCUT2D eigenvalue weighted by atomic mass is 10.1. The van der Waals surface area contributed by atoms with Gasteiger partial charge in [0.25, 0.3) is 5.56 Å². The van der Waals surface area contributed by atoms with Crippen LogP contribution < -0.4 is 5.56 Å². The fourth-order valence-corrected chi connectivity index (χ4v) is 3.73. The maximum Gasteiger partial charge on any atom is 0.275 e. The average Bonchev–Trinajstić information content (AvgIpc) is 3.21. The summed E-state index contributed by atoms with van der Waals surface area (Å²) in [6.07, 6.45) is 2.22. The Kier molecular flexibility index (Phi) is 4.13. The molecule has 2 aromatic heterocycles. The van der Waals surface area contributed by atoms with Crippen LogP contribution in [0.3, 0.4) is 0 Å². The van der Waals surface area contributed by atoms with E-state index >= 15 is 0 Å². The van der Waals surface area contributed by atoms with Gasteiger partial charge in [0.15, 0.2) is 5.65 Å². The molecule has 5 nitrogen and oxygen atoms in total. The molecule has 1 atom stereocenters. The summed E-state index contributed by atoms with van der Waals surface area (Å²) in [6, 6.07) is 10.3. The van der Waals surface area contributed by atoms with Crippen LogP contribution in [0.5, 0.6) is 0 Å². The van der Waals surface area contributed by atoms with Crippen LogP contribution in [0, 0.1) is 13.8 Å². The van der Waals surface area contributed by atoms with Crippen molar-refractivity contribution in [3.05, 3.63) is 68.2 Å². The molecule has 0 amide bonds. The first-order chi connectivity index (χ1) is 12.0. The van der Waals surface area contributed by atoms with Crippen molar-refractivity contribution in [2.75, 3.05) is 6.54 Å². The third-order valence-corrected chi connectivity index (χ3v) is 5.38. The topological polar surface area (TPSA) is 53.4 Å². The van der Waals surface area contributed by atoms with Gasteiger partial charge in [-0.2, -0.15) is 0 Å². The first kappa shape index (κ1) is 16.4. The quantitative estimate of drug-likeness (QED) is 0.779. The molecule has 4 rings (SSSR count). The molecule has 130 valence electrons.